The van der Waals surface area contributed by atoms with E-state index in [1.807, 2.05) is 27.7 Å². The van der Waals surface area contributed by atoms with Crippen molar-refractivity contribution in [2.24, 2.45) is 11.8 Å². The fraction of sp³-hybridized carbons (Fsp3) is 0.533. The molecular weight excluding hydrogens is 328 g/mol. The fourth-order valence-electron chi connectivity index (χ4n) is 2.03. The number of hydrogen-bond acceptors (Lipinski definition) is 1. The highest BCUT2D eigenvalue weighted by atomic mass is 79.9. The summed E-state index contributed by atoms with van der Waals surface area (Å²) in [6.45, 7) is 8.82. The van der Waals surface area contributed by atoms with Crippen LogP contribution in [0.3, 0.4) is 0 Å². The number of halogens is 3. The van der Waals surface area contributed by atoms with Crippen LogP contribution in [0.2, 0.25) is 0 Å². The zero-order chi connectivity index (χ0) is 15.4. The van der Waals surface area contributed by atoms with Gasteiger partial charge >= 0.3 is 0 Å². The molecule has 0 saturated carbocycles. The average Bonchev–Trinajstić information content (AvgIpc) is 2.24. The van der Waals surface area contributed by atoms with Gasteiger partial charge in [0.1, 0.15) is 17.2 Å². The quantitative estimate of drug-likeness (QED) is 0.768. The first-order valence-corrected chi connectivity index (χ1v) is 7.45. The van der Waals surface area contributed by atoms with E-state index in [0.717, 1.165) is 12.1 Å². The van der Waals surface area contributed by atoms with Crippen LogP contribution in [0, 0.1) is 23.5 Å². The Kier molecular flexibility index (Phi) is 6.11. The van der Waals surface area contributed by atoms with E-state index >= 15 is 0 Å². The van der Waals surface area contributed by atoms with Crippen molar-refractivity contribution in [3.05, 3.63) is 33.8 Å². The molecule has 0 radical (unpaired) electrons. The SMILES string of the molecule is CC(C)CN(CC(C)C)C(=O)c1c(F)cc(Br)cc1F. The summed E-state index contributed by atoms with van der Waals surface area (Å²) in [5.74, 6) is -1.78. The van der Waals surface area contributed by atoms with Crippen molar-refractivity contribution in [1.29, 1.82) is 0 Å². The van der Waals surface area contributed by atoms with Crippen LogP contribution in [0.15, 0.2) is 16.6 Å². The Labute approximate surface area is 127 Å². The van der Waals surface area contributed by atoms with Crippen molar-refractivity contribution in [1.82, 2.24) is 4.90 Å². The fourth-order valence-corrected chi connectivity index (χ4v) is 2.43. The molecule has 112 valence electrons. The lowest BCUT2D eigenvalue weighted by Crippen LogP contribution is -2.38. The van der Waals surface area contributed by atoms with Crippen LogP contribution >= 0.6 is 15.9 Å². The Bertz CT molecular complexity index is 456. The summed E-state index contributed by atoms with van der Waals surface area (Å²) in [7, 11) is 0. The van der Waals surface area contributed by atoms with Crippen molar-refractivity contribution in [2.45, 2.75) is 27.7 Å². The van der Waals surface area contributed by atoms with E-state index in [1.165, 1.54) is 4.90 Å². The highest BCUT2D eigenvalue weighted by Crippen LogP contribution is 2.21. The maximum atomic E-state index is 13.9. The number of carbonyl (C=O) groups excluding carboxylic acids is 1. The predicted octanol–water partition coefficient (Wildman–Crippen LogP) is 4.48. The maximum absolute atomic E-state index is 13.9. The zero-order valence-corrected chi connectivity index (χ0v) is 13.8. The molecule has 0 spiro atoms. The van der Waals surface area contributed by atoms with Gasteiger partial charge in [0.2, 0.25) is 0 Å². The van der Waals surface area contributed by atoms with Gasteiger partial charge < -0.3 is 4.90 Å². The maximum Gasteiger partial charge on any atom is 0.259 e. The summed E-state index contributed by atoms with van der Waals surface area (Å²) in [4.78, 5) is 13.9. The second kappa shape index (κ2) is 7.16. The Morgan fingerprint density at radius 2 is 1.50 bits per heavy atom. The van der Waals surface area contributed by atoms with Gasteiger partial charge in [-0.3, -0.25) is 4.79 Å². The number of amides is 1. The van der Waals surface area contributed by atoms with E-state index < -0.39 is 23.1 Å². The monoisotopic (exact) mass is 347 g/mol. The van der Waals surface area contributed by atoms with Crippen molar-refractivity contribution in [3.63, 3.8) is 0 Å². The second-order valence-electron chi connectivity index (χ2n) is 5.74. The van der Waals surface area contributed by atoms with E-state index in [9.17, 15) is 13.6 Å². The minimum atomic E-state index is -0.834. The molecule has 5 heteroatoms. The van der Waals surface area contributed by atoms with Gasteiger partial charge in [0, 0.05) is 17.6 Å². The minimum absolute atomic E-state index is 0.235. The Morgan fingerprint density at radius 3 is 1.85 bits per heavy atom. The van der Waals surface area contributed by atoms with E-state index in [2.05, 4.69) is 15.9 Å². The molecule has 0 aliphatic carbocycles. The predicted molar refractivity (Wildman–Crippen MR) is 79.6 cm³/mol. The summed E-state index contributed by atoms with van der Waals surface area (Å²) >= 11 is 3.01. The second-order valence-corrected chi connectivity index (χ2v) is 6.66. The van der Waals surface area contributed by atoms with E-state index in [-0.39, 0.29) is 16.3 Å². The summed E-state index contributed by atoms with van der Waals surface area (Å²) in [6.07, 6.45) is 0. The van der Waals surface area contributed by atoms with Gasteiger partial charge in [0.25, 0.3) is 5.91 Å². The Hall–Kier alpha value is -0.970. The molecule has 2 nitrogen and oxygen atoms in total. The Morgan fingerprint density at radius 1 is 1.10 bits per heavy atom. The number of benzene rings is 1. The molecule has 1 aromatic rings. The number of rotatable bonds is 5. The lowest BCUT2D eigenvalue weighted by atomic mass is 10.1. The van der Waals surface area contributed by atoms with Crippen LogP contribution in [-0.4, -0.2) is 23.9 Å². The summed E-state index contributed by atoms with van der Waals surface area (Å²) < 4.78 is 28.0. The van der Waals surface area contributed by atoms with Gasteiger partial charge in [-0.2, -0.15) is 0 Å². The van der Waals surface area contributed by atoms with E-state index in [1.54, 1.807) is 0 Å². The first kappa shape index (κ1) is 17.1. The molecule has 0 aliphatic heterocycles. The van der Waals surface area contributed by atoms with Crippen molar-refractivity contribution >= 4 is 21.8 Å². The lowest BCUT2D eigenvalue weighted by molar-refractivity contribution is 0.0705. The third-order valence-electron chi connectivity index (χ3n) is 2.68. The summed E-state index contributed by atoms with van der Waals surface area (Å²) in [5, 5.41) is 0. The van der Waals surface area contributed by atoms with Crippen molar-refractivity contribution in [2.75, 3.05) is 13.1 Å². The standard InChI is InChI=1S/C15H20BrF2NO/c1-9(2)7-19(8-10(3)4)15(20)14-12(17)5-11(16)6-13(14)18/h5-6,9-10H,7-8H2,1-4H3. The molecule has 0 unspecified atom stereocenters. The molecule has 1 rings (SSSR count). The molecular formula is C15H20BrF2NO. The number of carbonyl (C=O) groups is 1. The molecule has 0 fully saturated rings. The Balaban J connectivity index is 3.11. The number of hydrogen-bond donors (Lipinski definition) is 0. The summed E-state index contributed by atoms with van der Waals surface area (Å²) in [6, 6.07) is 2.22. The van der Waals surface area contributed by atoms with Gasteiger partial charge in [-0.15, -0.1) is 0 Å². The third kappa shape index (κ3) is 4.54. The lowest BCUT2D eigenvalue weighted by Gasteiger charge is -2.26. The van der Waals surface area contributed by atoms with Crippen molar-refractivity contribution < 1.29 is 13.6 Å². The van der Waals surface area contributed by atoms with Gasteiger partial charge in [0.05, 0.1) is 0 Å². The van der Waals surface area contributed by atoms with Crippen molar-refractivity contribution in [3.8, 4) is 0 Å². The van der Waals surface area contributed by atoms with Crippen LogP contribution < -0.4 is 0 Å². The van der Waals surface area contributed by atoms with Gasteiger partial charge in [0.15, 0.2) is 0 Å². The van der Waals surface area contributed by atoms with Crippen LogP contribution in [0.5, 0.6) is 0 Å². The molecule has 0 N–H and O–H groups in total. The van der Waals surface area contributed by atoms with Crippen LogP contribution in [0.4, 0.5) is 8.78 Å². The van der Waals surface area contributed by atoms with Crippen LogP contribution in [0.25, 0.3) is 0 Å². The third-order valence-corrected chi connectivity index (χ3v) is 3.14. The van der Waals surface area contributed by atoms with E-state index in [0.29, 0.717) is 13.1 Å². The smallest absolute Gasteiger partial charge is 0.259 e. The zero-order valence-electron chi connectivity index (χ0n) is 12.2. The van der Waals surface area contributed by atoms with Crippen LogP contribution in [0.1, 0.15) is 38.1 Å². The molecule has 20 heavy (non-hydrogen) atoms. The van der Waals surface area contributed by atoms with Crippen LogP contribution in [-0.2, 0) is 0 Å². The molecule has 0 heterocycles. The molecule has 1 aromatic carbocycles. The topological polar surface area (TPSA) is 20.3 Å². The average molecular weight is 348 g/mol. The normalized spacial score (nSPS) is 11.2. The minimum Gasteiger partial charge on any atom is -0.338 e. The molecule has 0 aliphatic rings. The highest BCUT2D eigenvalue weighted by Gasteiger charge is 2.24. The largest absolute Gasteiger partial charge is 0.338 e. The van der Waals surface area contributed by atoms with Gasteiger partial charge in [-0.1, -0.05) is 43.6 Å². The first-order valence-electron chi connectivity index (χ1n) is 6.66. The molecule has 0 atom stereocenters. The molecule has 0 saturated heterocycles. The molecule has 1 amide bonds. The van der Waals surface area contributed by atoms with Gasteiger partial charge in [-0.25, -0.2) is 8.78 Å². The summed E-state index contributed by atoms with van der Waals surface area (Å²) in [5.41, 5.74) is -0.477. The number of nitrogens with zero attached hydrogens (tertiary/aromatic N) is 1. The molecule has 0 bridgehead atoms. The highest BCUT2D eigenvalue weighted by molar-refractivity contribution is 9.10. The molecule has 0 aromatic heterocycles. The first-order chi connectivity index (χ1) is 9.22. The van der Waals surface area contributed by atoms with Gasteiger partial charge in [-0.05, 0) is 24.0 Å². The van der Waals surface area contributed by atoms with E-state index in [4.69, 9.17) is 0 Å².